The zero-order valence-electron chi connectivity index (χ0n) is 7.34. The third kappa shape index (κ3) is 0.822. The van der Waals surface area contributed by atoms with Crippen molar-refractivity contribution in [2.24, 2.45) is 11.8 Å². The van der Waals surface area contributed by atoms with Crippen LogP contribution in [0.3, 0.4) is 0 Å². The number of hydrogen-bond acceptors (Lipinski definition) is 1. The predicted octanol–water partition coefficient (Wildman–Crippen LogP) is 1.71. The monoisotopic (exact) mass is 150 g/mol. The minimum absolute atomic E-state index is 0.0266. The summed E-state index contributed by atoms with van der Waals surface area (Å²) in [6, 6.07) is 0.0266. The molecule has 0 amide bonds. The normalized spacial score (nSPS) is 55.3. The maximum absolute atomic E-state index is 5.85. The largest absolute Gasteiger partial charge is 0.381 e. The minimum Gasteiger partial charge on any atom is -0.381 e. The zero-order valence-corrected chi connectivity index (χ0v) is 7.34. The van der Waals surface area contributed by atoms with Crippen LogP contribution in [0.2, 0.25) is 0 Å². The molecule has 11 heavy (non-hydrogen) atoms. The van der Waals surface area contributed by atoms with Gasteiger partial charge in [0.05, 0.1) is 5.60 Å². The van der Waals surface area contributed by atoms with Crippen LogP contribution in [0.1, 0.15) is 33.1 Å². The van der Waals surface area contributed by atoms with E-state index in [0.29, 0.717) is 11.8 Å². The molecule has 2 bridgehead atoms. The van der Waals surface area contributed by atoms with Crippen LogP contribution >= 0.6 is 0 Å². The van der Waals surface area contributed by atoms with Crippen molar-refractivity contribution in [1.29, 1.82) is 0 Å². The molecule has 2 heteroatoms. The molecule has 2 rings (SSSR count). The highest BCUT2D eigenvalue weighted by molar-refractivity contribution is 6.11. The van der Waals surface area contributed by atoms with Crippen molar-refractivity contribution in [3.8, 4) is 0 Å². The van der Waals surface area contributed by atoms with Gasteiger partial charge < -0.3 is 4.74 Å². The lowest BCUT2D eigenvalue weighted by atomic mass is 9.81. The van der Waals surface area contributed by atoms with E-state index in [9.17, 15) is 0 Å². The molecule has 2 fully saturated rings. The zero-order chi connectivity index (χ0) is 8.06. The van der Waals surface area contributed by atoms with Crippen molar-refractivity contribution in [2.45, 2.75) is 44.7 Å². The molecule has 60 valence electrons. The van der Waals surface area contributed by atoms with E-state index in [-0.39, 0.29) is 11.6 Å². The highest BCUT2D eigenvalue weighted by atomic mass is 16.5. The first-order valence-electron chi connectivity index (χ1n) is 4.63. The topological polar surface area (TPSA) is 9.23 Å². The first-order valence-corrected chi connectivity index (χ1v) is 4.63. The van der Waals surface area contributed by atoms with E-state index in [0.717, 1.165) is 6.42 Å². The summed E-state index contributed by atoms with van der Waals surface area (Å²) in [6.07, 6.45) is 3.62. The quantitative estimate of drug-likeness (QED) is 0.517. The summed E-state index contributed by atoms with van der Waals surface area (Å²) < 4.78 is 5.79. The van der Waals surface area contributed by atoms with Gasteiger partial charge in [0.15, 0.2) is 0 Å². The molecular formula is C9H15BO. The lowest BCUT2D eigenvalue weighted by Crippen LogP contribution is -2.32. The van der Waals surface area contributed by atoms with Crippen LogP contribution < -0.4 is 0 Å². The molecule has 0 spiro atoms. The molecule has 0 aromatic rings. The molecule has 1 aliphatic heterocycles. The third-order valence-electron chi connectivity index (χ3n) is 3.76. The first-order chi connectivity index (χ1) is 5.19. The van der Waals surface area contributed by atoms with Gasteiger partial charge in [0.2, 0.25) is 0 Å². The Hall–Kier alpha value is 0.0249. The van der Waals surface area contributed by atoms with E-state index in [4.69, 9.17) is 12.6 Å². The van der Waals surface area contributed by atoms with Crippen LogP contribution in [-0.2, 0) is 4.74 Å². The Kier molecular flexibility index (Phi) is 1.57. The van der Waals surface area contributed by atoms with Gasteiger partial charge in [0.1, 0.15) is 7.85 Å². The molecule has 1 nitrogen and oxygen atoms in total. The maximum Gasteiger partial charge on any atom is 0.109 e. The third-order valence-corrected chi connectivity index (χ3v) is 3.76. The number of fused-ring (bicyclic) bond motifs is 2. The highest BCUT2D eigenvalue weighted by Gasteiger charge is 2.54. The van der Waals surface area contributed by atoms with Gasteiger partial charge in [0.25, 0.3) is 0 Å². The Morgan fingerprint density at radius 2 is 2.36 bits per heavy atom. The van der Waals surface area contributed by atoms with Crippen LogP contribution in [0.25, 0.3) is 0 Å². The van der Waals surface area contributed by atoms with Crippen LogP contribution in [-0.4, -0.2) is 19.5 Å². The second-order valence-corrected chi connectivity index (χ2v) is 3.99. The highest BCUT2D eigenvalue weighted by Crippen LogP contribution is 2.53. The summed E-state index contributed by atoms with van der Waals surface area (Å²) in [7, 11) is 5.85. The molecule has 2 aliphatic rings. The number of hydrogen-bond donors (Lipinski definition) is 0. The Balaban J connectivity index is 2.24. The van der Waals surface area contributed by atoms with E-state index >= 15 is 0 Å². The van der Waals surface area contributed by atoms with Crippen LogP contribution in [0.4, 0.5) is 0 Å². The summed E-state index contributed by atoms with van der Waals surface area (Å²) in [6.45, 7) is 4.49. The van der Waals surface area contributed by atoms with Gasteiger partial charge >= 0.3 is 0 Å². The van der Waals surface area contributed by atoms with Crippen molar-refractivity contribution in [2.75, 3.05) is 0 Å². The Labute approximate surface area is 69.9 Å². The van der Waals surface area contributed by atoms with Crippen molar-refractivity contribution in [1.82, 2.24) is 0 Å². The Bertz CT molecular complexity index is 171. The van der Waals surface area contributed by atoms with Gasteiger partial charge in [0, 0.05) is 6.00 Å². The fraction of sp³-hybridized carbons (Fsp3) is 1.00. The second kappa shape index (κ2) is 2.26. The molecular weight excluding hydrogens is 135 g/mol. The fourth-order valence-electron chi connectivity index (χ4n) is 2.83. The van der Waals surface area contributed by atoms with Gasteiger partial charge in [-0.2, -0.15) is 0 Å². The van der Waals surface area contributed by atoms with Crippen LogP contribution in [0, 0.1) is 11.8 Å². The summed E-state index contributed by atoms with van der Waals surface area (Å²) in [5.41, 5.74) is 0.157. The molecule has 1 aliphatic carbocycles. The van der Waals surface area contributed by atoms with Gasteiger partial charge in [-0.3, -0.25) is 0 Å². The Morgan fingerprint density at radius 3 is 2.64 bits per heavy atom. The average Bonchev–Trinajstić information content (AvgIpc) is 2.42. The van der Waals surface area contributed by atoms with Crippen LogP contribution in [0.5, 0.6) is 0 Å². The van der Waals surface area contributed by atoms with Gasteiger partial charge in [-0.15, -0.1) is 0 Å². The average molecular weight is 150 g/mol. The summed E-state index contributed by atoms with van der Waals surface area (Å²) in [4.78, 5) is 0. The minimum atomic E-state index is 0.0266. The number of ether oxygens (including phenoxy) is 1. The lowest BCUT2D eigenvalue weighted by Gasteiger charge is -2.30. The van der Waals surface area contributed by atoms with Crippen molar-refractivity contribution in [3.63, 3.8) is 0 Å². The van der Waals surface area contributed by atoms with E-state index in [1.807, 2.05) is 0 Å². The summed E-state index contributed by atoms with van der Waals surface area (Å²) in [5, 5.41) is 0. The SMILES string of the molecule is [B][C@@H]1OC2(CC)CCC1[C@@H]2C. The lowest BCUT2D eigenvalue weighted by molar-refractivity contribution is -0.0489. The van der Waals surface area contributed by atoms with E-state index in [1.54, 1.807) is 0 Å². The first kappa shape index (κ1) is 7.66. The molecule has 0 aromatic carbocycles. The van der Waals surface area contributed by atoms with Crippen molar-refractivity contribution >= 4 is 7.85 Å². The van der Waals surface area contributed by atoms with E-state index < -0.39 is 0 Å². The molecule has 1 saturated heterocycles. The molecule has 1 saturated carbocycles. The molecule has 1 heterocycles. The molecule has 2 radical (unpaired) electrons. The molecule has 0 aromatic heterocycles. The second-order valence-electron chi connectivity index (χ2n) is 3.99. The predicted molar refractivity (Wildman–Crippen MR) is 45.5 cm³/mol. The smallest absolute Gasteiger partial charge is 0.109 e. The molecule has 4 atom stereocenters. The fourth-order valence-corrected chi connectivity index (χ4v) is 2.83. The van der Waals surface area contributed by atoms with E-state index in [2.05, 4.69) is 13.8 Å². The molecule has 2 unspecified atom stereocenters. The van der Waals surface area contributed by atoms with Gasteiger partial charge in [-0.1, -0.05) is 13.8 Å². The van der Waals surface area contributed by atoms with Crippen LogP contribution in [0.15, 0.2) is 0 Å². The van der Waals surface area contributed by atoms with Gasteiger partial charge in [-0.25, -0.2) is 0 Å². The maximum atomic E-state index is 5.85. The standard InChI is InChI=1S/C9H15BO/c1-3-9-5-4-7(6(9)2)8(10)11-9/h6-8H,3-5H2,1-2H3/t6-,7?,8+,9?/m0/s1. The molecule has 0 N–H and O–H groups in total. The number of rotatable bonds is 1. The van der Waals surface area contributed by atoms with Crippen molar-refractivity contribution in [3.05, 3.63) is 0 Å². The van der Waals surface area contributed by atoms with E-state index in [1.165, 1.54) is 12.8 Å². The summed E-state index contributed by atoms with van der Waals surface area (Å²) in [5.74, 6) is 1.32. The van der Waals surface area contributed by atoms with Crippen molar-refractivity contribution < 1.29 is 4.74 Å². The van der Waals surface area contributed by atoms with Gasteiger partial charge in [-0.05, 0) is 31.1 Å². The Morgan fingerprint density at radius 1 is 1.64 bits per heavy atom. The summed E-state index contributed by atoms with van der Waals surface area (Å²) >= 11 is 0.